The predicted molar refractivity (Wildman–Crippen MR) is 214 cm³/mol. The van der Waals surface area contributed by atoms with Gasteiger partial charge in [0.25, 0.3) is 0 Å². The van der Waals surface area contributed by atoms with E-state index in [1.807, 2.05) is 0 Å². The third-order valence-electron chi connectivity index (χ3n) is 9.78. The molecule has 0 bridgehead atoms. The van der Waals surface area contributed by atoms with Crippen LogP contribution in [0.3, 0.4) is 0 Å². The zero-order valence-electron chi connectivity index (χ0n) is 33.1. The number of carbonyl (C=O) groups is 10. The second-order valence-corrected chi connectivity index (χ2v) is 14.4. The van der Waals surface area contributed by atoms with Gasteiger partial charge in [-0.3, -0.25) is 52.9 Å². The molecule has 0 saturated carbocycles. The summed E-state index contributed by atoms with van der Waals surface area (Å²) >= 11 is 0. The lowest BCUT2D eigenvalue weighted by atomic mass is 10.0. The van der Waals surface area contributed by atoms with E-state index in [1.165, 1.54) is 4.90 Å². The molecule has 24 heteroatoms. The lowest BCUT2D eigenvalue weighted by Gasteiger charge is -2.30. The number of hydrogen-bond acceptors (Lipinski definition) is 11. The van der Waals surface area contributed by atoms with Crippen molar-refractivity contribution in [3.63, 3.8) is 0 Å². The molecule has 2 fully saturated rings. The van der Waals surface area contributed by atoms with Gasteiger partial charge < -0.3 is 69.4 Å². The van der Waals surface area contributed by atoms with E-state index in [4.69, 9.17) is 17.2 Å². The highest BCUT2D eigenvalue weighted by molar-refractivity contribution is 5.99. The largest absolute Gasteiger partial charge is 0.481 e. The second kappa shape index (κ2) is 22.2. The molecule has 61 heavy (non-hydrogen) atoms. The Morgan fingerprint density at radius 1 is 0.738 bits per heavy atom. The lowest BCUT2D eigenvalue weighted by Crippen LogP contribution is -2.59. The maximum atomic E-state index is 14.4. The molecule has 0 unspecified atom stereocenters. The number of nitrogens with two attached hydrogens (primary N) is 3. The Kier molecular flexibility index (Phi) is 16.9. The normalized spacial score (nSPS) is 22.9. The van der Waals surface area contributed by atoms with Crippen LogP contribution >= 0.6 is 0 Å². The number of aromatic amines is 1. The van der Waals surface area contributed by atoms with E-state index >= 15 is 0 Å². The molecule has 2 aromatic rings. The minimum atomic E-state index is -1.76. The summed E-state index contributed by atoms with van der Waals surface area (Å²) in [6.45, 7) is -1.99. The third kappa shape index (κ3) is 14.2. The van der Waals surface area contributed by atoms with Gasteiger partial charge in [0.15, 0.2) is 5.96 Å². The quantitative estimate of drug-likeness (QED) is 0.0572. The zero-order valence-corrected chi connectivity index (χ0v) is 33.1. The van der Waals surface area contributed by atoms with Crippen molar-refractivity contribution in [3.05, 3.63) is 36.0 Å². The van der Waals surface area contributed by atoms with Gasteiger partial charge in [-0.2, -0.15) is 0 Å². The van der Waals surface area contributed by atoms with Gasteiger partial charge >= 0.3 is 5.97 Å². The second-order valence-electron chi connectivity index (χ2n) is 14.4. The highest BCUT2D eigenvalue weighted by Crippen LogP contribution is 2.23. The number of hydrogen-bond donors (Lipinski definition) is 12. The van der Waals surface area contributed by atoms with Crippen LogP contribution in [0.5, 0.6) is 0 Å². The van der Waals surface area contributed by atoms with Gasteiger partial charge in [0.05, 0.1) is 26.1 Å². The minimum Gasteiger partial charge on any atom is -0.481 e. The molecule has 1 aromatic heterocycles. The van der Waals surface area contributed by atoms with Gasteiger partial charge in [0.1, 0.15) is 30.2 Å². The molecule has 2 saturated heterocycles. The van der Waals surface area contributed by atoms with Crippen LogP contribution in [0, 0.1) is 0 Å². The van der Waals surface area contributed by atoms with E-state index in [0.29, 0.717) is 22.9 Å². The summed E-state index contributed by atoms with van der Waals surface area (Å²) in [5.41, 5.74) is 17.3. The predicted octanol–water partition coefficient (Wildman–Crippen LogP) is -5.20. The molecule has 0 spiro atoms. The first-order chi connectivity index (χ1) is 29.0. The summed E-state index contributed by atoms with van der Waals surface area (Å²) in [5, 5.41) is 27.1. The van der Waals surface area contributed by atoms with Gasteiger partial charge in [-0.05, 0) is 43.7 Å². The summed E-state index contributed by atoms with van der Waals surface area (Å²) in [7, 11) is 0. The van der Waals surface area contributed by atoms with Crippen molar-refractivity contribution in [3.8, 4) is 0 Å². The average Bonchev–Trinajstić information content (AvgIpc) is 3.87. The number of guanidine groups is 1. The SMILES string of the molecule is NC(=O)CC[C@@H]1NC(=O)[C@@H]2CCCN2C(=O)[C@H](Cc2c[nH]c3ccccc23)NC(=O)[C@H](CC(=O)O)NC(=O)CNC(=O)[C@H](CCCN=C(N)N)NC(=O)CNC(=O)CNC1=O. The Morgan fingerprint density at radius 2 is 1.36 bits per heavy atom. The first-order valence-electron chi connectivity index (χ1n) is 19.4. The smallest absolute Gasteiger partial charge is 0.305 e. The van der Waals surface area contributed by atoms with E-state index in [2.05, 4.69) is 47.2 Å². The molecule has 0 radical (unpaired) electrons. The molecular weight excluding hydrogens is 802 g/mol. The molecule has 15 N–H and O–H groups in total. The van der Waals surface area contributed by atoms with Gasteiger partial charge in [-0.25, -0.2) is 0 Å². The Balaban J connectivity index is 1.67. The zero-order chi connectivity index (χ0) is 44.6. The first kappa shape index (κ1) is 46.4. The number of carboxylic acids is 1. The number of nitrogens with one attached hydrogen (secondary N) is 8. The van der Waals surface area contributed by atoms with Gasteiger partial charge in [0, 0.05) is 43.0 Å². The molecule has 2 aliphatic rings. The fourth-order valence-electron chi connectivity index (χ4n) is 6.79. The third-order valence-corrected chi connectivity index (χ3v) is 9.78. The molecule has 2 aliphatic heterocycles. The molecule has 0 aliphatic carbocycles. The van der Waals surface area contributed by atoms with Crippen molar-refractivity contribution in [1.29, 1.82) is 0 Å². The molecule has 330 valence electrons. The van der Waals surface area contributed by atoms with Gasteiger partial charge in [-0.15, -0.1) is 0 Å². The highest BCUT2D eigenvalue weighted by atomic mass is 16.4. The number of aliphatic imine (C=N–C) groups is 1. The maximum absolute atomic E-state index is 14.4. The fraction of sp³-hybridized carbons (Fsp3) is 0.486. The number of H-pyrrole nitrogens is 1. The fourth-order valence-corrected chi connectivity index (χ4v) is 6.79. The Bertz CT molecular complexity index is 2030. The van der Waals surface area contributed by atoms with E-state index in [0.717, 1.165) is 0 Å². The maximum Gasteiger partial charge on any atom is 0.305 e. The molecule has 1 aromatic carbocycles. The van der Waals surface area contributed by atoms with Crippen molar-refractivity contribution in [1.82, 2.24) is 47.1 Å². The van der Waals surface area contributed by atoms with E-state index in [1.54, 1.807) is 30.5 Å². The molecule has 9 amide bonds. The number of aromatic nitrogens is 1. The van der Waals surface area contributed by atoms with Crippen LogP contribution in [0.2, 0.25) is 0 Å². The van der Waals surface area contributed by atoms with Crippen molar-refractivity contribution >= 4 is 76.0 Å². The number of para-hydroxylation sites is 1. The number of carboxylic acid groups (broad SMARTS) is 1. The Labute approximate surface area is 348 Å². The first-order valence-corrected chi connectivity index (χ1v) is 19.4. The van der Waals surface area contributed by atoms with Crippen LogP contribution in [-0.2, 0) is 54.4 Å². The monoisotopic (exact) mass is 853 g/mol. The molecule has 24 nitrogen and oxygen atoms in total. The van der Waals surface area contributed by atoms with Crippen molar-refractivity contribution in [2.24, 2.45) is 22.2 Å². The molecule has 4 rings (SSSR count). The van der Waals surface area contributed by atoms with Crippen LogP contribution < -0.4 is 54.4 Å². The summed E-state index contributed by atoms with van der Waals surface area (Å²) in [4.78, 5) is 139. The summed E-state index contributed by atoms with van der Waals surface area (Å²) in [6, 6.07) is 0.0727. The van der Waals surface area contributed by atoms with Crippen LogP contribution in [-0.4, -0.2) is 143 Å². The number of carbonyl (C=O) groups excluding carboxylic acids is 9. The number of amides is 9. The number of aliphatic carboxylic acids is 1. The minimum absolute atomic E-state index is 0.0490. The average molecular weight is 854 g/mol. The topological polar surface area (TPSA) is 385 Å². The number of fused-ring (bicyclic) bond motifs is 2. The van der Waals surface area contributed by atoms with Crippen molar-refractivity contribution in [2.75, 3.05) is 32.7 Å². The standard InChI is InChI=1S/C37H51N13O11/c38-27(51)10-9-23-33(58)44-16-28(52)43-17-29(53)46-22(7-3-11-41-37(39)40)32(57)45-18-30(54)47-24(14-31(55)56)34(59)49-25(13-19-15-42-21-6-2-1-5-20(19)21)36(61)50-12-4-8-26(50)35(60)48-23/h1-2,5-6,15,22-26,42H,3-4,7-14,16-18H2,(H2,38,51)(H,43,52)(H,44,58)(H,45,57)(H,46,53)(H,47,54)(H,48,60)(H,49,59)(H,55,56)(H4,39,40,41)/t22-,23-,24-,25-,26-/m0/s1. The van der Waals surface area contributed by atoms with Crippen molar-refractivity contribution in [2.45, 2.75) is 81.6 Å². The van der Waals surface area contributed by atoms with Crippen LogP contribution in [0.15, 0.2) is 35.5 Å². The van der Waals surface area contributed by atoms with Crippen LogP contribution in [0.1, 0.15) is 50.5 Å². The number of primary amides is 1. The summed E-state index contributed by atoms with van der Waals surface area (Å²) < 4.78 is 0. The summed E-state index contributed by atoms with van der Waals surface area (Å²) in [6.07, 6.45) is 0.528. The molecule has 5 atom stereocenters. The van der Waals surface area contributed by atoms with Crippen LogP contribution in [0.25, 0.3) is 10.9 Å². The lowest BCUT2D eigenvalue weighted by molar-refractivity contribution is -0.143. The van der Waals surface area contributed by atoms with E-state index in [9.17, 15) is 53.1 Å². The van der Waals surface area contributed by atoms with E-state index < -0.39 is 115 Å². The van der Waals surface area contributed by atoms with Gasteiger partial charge in [-0.1, -0.05) is 18.2 Å². The number of benzene rings is 1. The van der Waals surface area contributed by atoms with E-state index in [-0.39, 0.29) is 57.6 Å². The highest BCUT2D eigenvalue weighted by Gasteiger charge is 2.40. The number of rotatable bonds is 11. The Hall–Kier alpha value is -7.27. The Morgan fingerprint density at radius 3 is 2.03 bits per heavy atom. The van der Waals surface area contributed by atoms with Crippen molar-refractivity contribution < 1.29 is 53.1 Å². The molecular formula is C37H51N13O11. The number of nitrogens with zero attached hydrogens (tertiary/aromatic N) is 2. The van der Waals surface area contributed by atoms with Crippen LogP contribution in [0.4, 0.5) is 0 Å². The van der Waals surface area contributed by atoms with Gasteiger partial charge in [0.2, 0.25) is 53.2 Å². The molecule has 3 heterocycles. The summed E-state index contributed by atoms with van der Waals surface area (Å²) in [5.74, 6) is -9.50.